The van der Waals surface area contributed by atoms with Crippen LogP contribution in [0.5, 0.6) is 0 Å². The van der Waals surface area contributed by atoms with Gasteiger partial charge in [0.1, 0.15) is 17.5 Å². The number of rotatable bonds is 5. The standard InChI is InChI=1S/C23H27N5O3/c1-3-19(16-6-7-17(12-24)25-13-16)26-22(29)20-11-18(21-14-31-10-9-28(20)21)23(30)27-8-4-5-15(27)2/h6-7,11,13,15,19H,3-5,8-10,14H2,1-2H3,(H,26,29). The zero-order valence-electron chi connectivity index (χ0n) is 17.9. The highest BCUT2D eigenvalue weighted by Gasteiger charge is 2.32. The van der Waals surface area contributed by atoms with Gasteiger partial charge in [0.2, 0.25) is 0 Å². The molecule has 8 nitrogen and oxygen atoms in total. The molecular formula is C23H27N5O3. The molecule has 0 spiro atoms. The largest absolute Gasteiger partial charge is 0.373 e. The van der Waals surface area contributed by atoms with Gasteiger partial charge in [0.25, 0.3) is 11.8 Å². The van der Waals surface area contributed by atoms with Gasteiger partial charge in [-0.1, -0.05) is 13.0 Å². The minimum absolute atomic E-state index is 0.0263. The Balaban J connectivity index is 1.60. The van der Waals surface area contributed by atoms with Gasteiger partial charge in [-0.05, 0) is 43.9 Å². The molecule has 1 N–H and O–H groups in total. The van der Waals surface area contributed by atoms with Gasteiger partial charge < -0.3 is 19.5 Å². The van der Waals surface area contributed by atoms with Crippen molar-refractivity contribution in [3.8, 4) is 6.07 Å². The predicted octanol–water partition coefficient (Wildman–Crippen LogP) is 2.79. The number of pyridine rings is 1. The first-order chi connectivity index (χ1) is 15.0. The Labute approximate surface area is 181 Å². The number of aromatic nitrogens is 2. The number of carbonyl (C=O) groups excluding carboxylic acids is 2. The molecule has 8 heteroatoms. The van der Waals surface area contributed by atoms with Gasteiger partial charge in [0, 0.05) is 25.3 Å². The third-order valence-corrected chi connectivity index (χ3v) is 6.20. The third-order valence-electron chi connectivity index (χ3n) is 6.20. The van der Waals surface area contributed by atoms with Crippen LogP contribution in [0.3, 0.4) is 0 Å². The SMILES string of the molecule is CCC(NC(=O)c1cc(C(=O)N2CCCC2C)c2n1CCOC2)c1ccc(C#N)nc1. The lowest BCUT2D eigenvalue weighted by Crippen LogP contribution is -2.34. The summed E-state index contributed by atoms with van der Waals surface area (Å²) in [5, 5.41) is 12.0. The highest BCUT2D eigenvalue weighted by Crippen LogP contribution is 2.27. The van der Waals surface area contributed by atoms with Crippen molar-refractivity contribution in [2.45, 2.75) is 58.3 Å². The van der Waals surface area contributed by atoms with E-state index in [-0.39, 0.29) is 23.9 Å². The predicted molar refractivity (Wildman–Crippen MR) is 113 cm³/mol. The monoisotopic (exact) mass is 421 g/mol. The molecule has 2 amide bonds. The third kappa shape index (κ3) is 4.06. The number of hydrogen-bond donors (Lipinski definition) is 1. The normalized spacial score (nSPS) is 18.9. The second kappa shape index (κ2) is 8.90. The molecule has 2 aromatic heterocycles. The van der Waals surface area contributed by atoms with E-state index < -0.39 is 0 Å². The second-order valence-electron chi connectivity index (χ2n) is 8.11. The summed E-state index contributed by atoms with van der Waals surface area (Å²) < 4.78 is 7.52. The zero-order valence-corrected chi connectivity index (χ0v) is 17.9. The Morgan fingerprint density at radius 2 is 2.23 bits per heavy atom. The van der Waals surface area contributed by atoms with Gasteiger partial charge in [-0.2, -0.15) is 5.26 Å². The molecule has 2 aromatic rings. The van der Waals surface area contributed by atoms with Crippen molar-refractivity contribution in [1.29, 1.82) is 5.26 Å². The van der Waals surface area contributed by atoms with Crippen molar-refractivity contribution in [3.63, 3.8) is 0 Å². The van der Waals surface area contributed by atoms with Crippen LogP contribution in [0.15, 0.2) is 24.4 Å². The Morgan fingerprint density at radius 1 is 1.39 bits per heavy atom. The van der Waals surface area contributed by atoms with Crippen LogP contribution in [0.25, 0.3) is 0 Å². The van der Waals surface area contributed by atoms with E-state index in [4.69, 9.17) is 10.00 Å². The molecule has 4 heterocycles. The van der Waals surface area contributed by atoms with Gasteiger partial charge in [-0.3, -0.25) is 9.59 Å². The van der Waals surface area contributed by atoms with Crippen LogP contribution in [-0.2, 0) is 17.9 Å². The molecule has 2 aliphatic rings. The highest BCUT2D eigenvalue weighted by molar-refractivity contribution is 6.01. The van der Waals surface area contributed by atoms with Crippen molar-refractivity contribution in [3.05, 3.63) is 52.6 Å². The van der Waals surface area contributed by atoms with Gasteiger partial charge in [0.05, 0.1) is 30.5 Å². The summed E-state index contributed by atoms with van der Waals surface area (Å²) in [6, 6.07) is 7.15. The molecule has 0 saturated carbocycles. The lowest BCUT2D eigenvalue weighted by atomic mass is 10.1. The van der Waals surface area contributed by atoms with Gasteiger partial charge in [-0.25, -0.2) is 4.98 Å². The number of nitrogens with zero attached hydrogens (tertiary/aromatic N) is 4. The Bertz CT molecular complexity index is 1020. The van der Waals surface area contributed by atoms with E-state index in [1.165, 1.54) is 0 Å². The van der Waals surface area contributed by atoms with E-state index in [9.17, 15) is 9.59 Å². The van der Waals surface area contributed by atoms with E-state index in [2.05, 4.69) is 17.2 Å². The summed E-state index contributed by atoms with van der Waals surface area (Å²) >= 11 is 0. The topological polar surface area (TPSA) is 100 Å². The van der Waals surface area contributed by atoms with Crippen LogP contribution in [-0.4, -0.2) is 45.5 Å². The van der Waals surface area contributed by atoms with E-state index in [0.29, 0.717) is 43.1 Å². The number of likely N-dealkylation sites (tertiary alicyclic amines) is 1. The molecule has 4 rings (SSSR count). The summed E-state index contributed by atoms with van der Waals surface area (Å²) in [7, 11) is 0. The number of fused-ring (bicyclic) bond motifs is 1. The minimum atomic E-state index is -0.239. The molecule has 1 saturated heterocycles. The summed E-state index contributed by atoms with van der Waals surface area (Å²) in [5.41, 5.74) is 2.99. The first-order valence-corrected chi connectivity index (χ1v) is 10.8. The molecule has 0 bridgehead atoms. The lowest BCUT2D eigenvalue weighted by molar-refractivity contribution is 0.0696. The van der Waals surface area contributed by atoms with Gasteiger partial charge in [0.15, 0.2) is 0 Å². The molecule has 0 radical (unpaired) electrons. The molecule has 2 atom stereocenters. The minimum Gasteiger partial charge on any atom is -0.373 e. The maximum atomic E-state index is 13.2. The van der Waals surface area contributed by atoms with Gasteiger partial charge in [-0.15, -0.1) is 0 Å². The smallest absolute Gasteiger partial charge is 0.268 e. The van der Waals surface area contributed by atoms with Crippen LogP contribution >= 0.6 is 0 Å². The van der Waals surface area contributed by atoms with Crippen molar-refractivity contribution >= 4 is 11.8 Å². The van der Waals surface area contributed by atoms with Crippen molar-refractivity contribution in [1.82, 2.24) is 19.8 Å². The Kier molecular flexibility index (Phi) is 6.05. The van der Waals surface area contributed by atoms with Crippen molar-refractivity contribution in [2.24, 2.45) is 0 Å². The summed E-state index contributed by atoms with van der Waals surface area (Å²) in [4.78, 5) is 32.5. The van der Waals surface area contributed by atoms with E-state index in [1.54, 1.807) is 18.3 Å². The molecular weight excluding hydrogens is 394 g/mol. The molecule has 31 heavy (non-hydrogen) atoms. The maximum absolute atomic E-state index is 13.2. The summed E-state index contributed by atoms with van der Waals surface area (Å²) in [5.74, 6) is -0.255. The number of hydrogen-bond acceptors (Lipinski definition) is 5. The Morgan fingerprint density at radius 3 is 2.87 bits per heavy atom. The van der Waals surface area contributed by atoms with E-state index >= 15 is 0 Å². The van der Waals surface area contributed by atoms with Crippen LogP contribution < -0.4 is 5.32 Å². The zero-order chi connectivity index (χ0) is 22.0. The van der Waals surface area contributed by atoms with Gasteiger partial charge >= 0.3 is 0 Å². The number of amides is 2. The Hall–Kier alpha value is -3.18. The maximum Gasteiger partial charge on any atom is 0.268 e. The fourth-order valence-electron chi connectivity index (χ4n) is 4.42. The summed E-state index contributed by atoms with van der Waals surface area (Å²) in [6.45, 7) is 6.16. The van der Waals surface area contributed by atoms with Crippen LogP contribution in [0.1, 0.15) is 76.9 Å². The molecule has 0 aliphatic carbocycles. The van der Waals surface area contributed by atoms with E-state index in [1.807, 2.05) is 28.5 Å². The van der Waals surface area contributed by atoms with Crippen LogP contribution in [0.4, 0.5) is 0 Å². The molecule has 2 aliphatic heterocycles. The molecule has 0 aromatic carbocycles. The average Bonchev–Trinajstić information content (AvgIpc) is 3.41. The highest BCUT2D eigenvalue weighted by atomic mass is 16.5. The van der Waals surface area contributed by atoms with Crippen molar-refractivity contribution < 1.29 is 14.3 Å². The fraction of sp³-hybridized carbons (Fsp3) is 0.478. The van der Waals surface area contributed by atoms with Crippen molar-refractivity contribution in [2.75, 3.05) is 13.2 Å². The lowest BCUT2D eigenvalue weighted by Gasteiger charge is -2.23. The van der Waals surface area contributed by atoms with E-state index in [0.717, 1.165) is 30.6 Å². The molecule has 162 valence electrons. The summed E-state index contributed by atoms with van der Waals surface area (Å²) in [6.07, 6.45) is 4.30. The molecule has 2 unspecified atom stereocenters. The number of nitrogens with one attached hydrogen (secondary N) is 1. The molecule has 1 fully saturated rings. The van der Waals surface area contributed by atoms with Crippen LogP contribution in [0.2, 0.25) is 0 Å². The first-order valence-electron chi connectivity index (χ1n) is 10.8. The second-order valence-corrected chi connectivity index (χ2v) is 8.11. The average molecular weight is 422 g/mol. The number of carbonyl (C=O) groups is 2. The first kappa shape index (κ1) is 21.1. The number of ether oxygens (including phenoxy) is 1. The number of nitriles is 1. The fourth-order valence-corrected chi connectivity index (χ4v) is 4.42. The van der Waals surface area contributed by atoms with Crippen LogP contribution in [0, 0.1) is 11.3 Å². The quantitative estimate of drug-likeness (QED) is 0.800.